The lowest BCUT2D eigenvalue weighted by Gasteiger charge is -2.14. The Morgan fingerprint density at radius 1 is 0.229 bits per heavy atom. The van der Waals surface area contributed by atoms with Gasteiger partial charge in [0.2, 0.25) is 34.2 Å². The van der Waals surface area contributed by atoms with Gasteiger partial charge in [-0.2, -0.15) is 9.13 Å². The quantitative estimate of drug-likeness (QED) is 0.0948. The van der Waals surface area contributed by atoms with Crippen LogP contribution in [0, 0.1) is 0 Å². The number of anilines is 2. The molecule has 0 amide bonds. The summed E-state index contributed by atoms with van der Waals surface area (Å²) in [7, 11) is 0. The summed E-state index contributed by atoms with van der Waals surface area (Å²) in [5.74, 6) is 0. The zero-order valence-corrected chi connectivity index (χ0v) is 38.9. The van der Waals surface area contributed by atoms with Gasteiger partial charge in [-0.3, -0.25) is 0 Å². The Morgan fingerprint density at radius 3 is 0.729 bits per heavy atom. The van der Waals surface area contributed by atoms with E-state index in [0.717, 1.165) is 103 Å². The number of hydrogen-bond acceptors (Lipinski definition) is 2. The standard InChI is InChI=1S/C66H52N4/c67-59-33-21-47(22-34-59)41-49-25-37-61(38-26-49)69-63(53-13-5-1-6-14-53)43-57(44-64(69)54-15-7-2-8-16-54)51-29-31-52(32-30-51)58-45-65(55-17-9-3-10-18-55)70(66(46-58)56-19-11-4-12-20-56)62-39-27-50(28-40-62)42-48-23-35-60(68)36-24-48/h1-40,43-46H,41-42,67-68H2/q+2. The van der Waals surface area contributed by atoms with E-state index >= 15 is 0 Å². The van der Waals surface area contributed by atoms with Gasteiger partial charge in [-0.15, -0.1) is 0 Å². The largest absolute Gasteiger partial charge is 0.399 e. The Bertz CT molecular complexity index is 3160. The minimum atomic E-state index is 0.779. The van der Waals surface area contributed by atoms with Gasteiger partial charge in [-0.05, 0) is 130 Å². The van der Waals surface area contributed by atoms with Crippen molar-refractivity contribution in [1.82, 2.24) is 0 Å². The molecule has 70 heavy (non-hydrogen) atoms. The van der Waals surface area contributed by atoms with E-state index < -0.39 is 0 Å². The van der Waals surface area contributed by atoms with Gasteiger partial charge in [0, 0.05) is 82.2 Å². The Morgan fingerprint density at radius 2 is 0.471 bits per heavy atom. The van der Waals surface area contributed by atoms with E-state index in [9.17, 15) is 0 Å². The maximum Gasteiger partial charge on any atom is 0.219 e. The lowest BCUT2D eigenvalue weighted by Crippen LogP contribution is -2.36. The molecule has 0 atom stereocenters. The maximum atomic E-state index is 5.99. The number of nitrogens with zero attached hydrogens (tertiary/aromatic N) is 2. The van der Waals surface area contributed by atoms with E-state index in [2.05, 4.69) is 252 Å². The van der Waals surface area contributed by atoms with Crippen molar-refractivity contribution in [2.45, 2.75) is 12.8 Å². The summed E-state index contributed by atoms with van der Waals surface area (Å²) in [5, 5.41) is 0. The fourth-order valence-electron chi connectivity index (χ4n) is 9.49. The summed E-state index contributed by atoms with van der Waals surface area (Å²) in [6, 6.07) is 95.6. The van der Waals surface area contributed by atoms with Gasteiger partial charge in [0.15, 0.2) is 0 Å². The zero-order chi connectivity index (χ0) is 47.2. The molecule has 4 N–H and O–H groups in total. The highest BCUT2D eigenvalue weighted by molar-refractivity contribution is 5.79. The second-order valence-corrected chi connectivity index (χ2v) is 17.9. The van der Waals surface area contributed by atoms with Crippen molar-refractivity contribution < 1.29 is 9.13 Å². The second kappa shape index (κ2) is 19.6. The highest BCUT2D eigenvalue weighted by Gasteiger charge is 2.27. The first-order chi connectivity index (χ1) is 34.5. The summed E-state index contributed by atoms with van der Waals surface area (Å²) in [6.45, 7) is 0. The van der Waals surface area contributed by atoms with E-state index in [0.29, 0.717) is 0 Å². The predicted octanol–water partition coefficient (Wildman–Crippen LogP) is 14.6. The van der Waals surface area contributed by atoms with Crippen LogP contribution in [0.1, 0.15) is 22.3 Å². The molecular weight excluding hydrogens is 849 g/mol. The van der Waals surface area contributed by atoms with Crippen molar-refractivity contribution >= 4 is 11.4 Å². The predicted molar refractivity (Wildman–Crippen MR) is 289 cm³/mol. The third kappa shape index (κ3) is 9.40. The molecular formula is C66H52N4+2. The molecule has 0 saturated carbocycles. The molecule has 0 aliphatic carbocycles. The van der Waals surface area contributed by atoms with E-state index in [1.807, 2.05) is 24.3 Å². The van der Waals surface area contributed by atoms with Gasteiger partial charge >= 0.3 is 0 Å². The van der Waals surface area contributed by atoms with Crippen LogP contribution in [0.4, 0.5) is 11.4 Å². The third-order valence-electron chi connectivity index (χ3n) is 13.1. The van der Waals surface area contributed by atoms with Crippen LogP contribution < -0.4 is 20.6 Å². The van der Waals surface area contributed by atoms with Crippen molar-refractivity contribution in [2.75, 3.05) is 11.5 Å². The topological polar surface area (TPSA) is 59.8 Å². The van der Waals surface area contributed by atoms with Crippen molar-refractivity contribution in [3.05, 3.63) is 289 Å². The molecule has 0 unspecified atom stereocenters. The number of benzene rings is 9. The Labute approximate surface area is 410 Å². The zero-order valence-electron chi connectivity index (χ0n) is 38.9. The minimum Gasteiger partial charge on any atom is -0.399 e. The molecule has 0 aliphatic heterocycles. The molecule has 334 valence electrons. The van der Waals surface area contributed by atoms with E-state index in [-0.39, 0.29) is 0 Å². The van der Waals surface area contributed by atoms with E-state index in [1.54, 1.807) is 0 Å². The molecule has 0 bridgehead atoms. The fourth-order valence-corrected chi connectivity index (χ4v) is 9.49. The van der Waals surface area contributed by atoms with Crippen LogP contribution in [-0.2, 0) is 12.8 Å². The van der Waals surface area contributed by atoms with Gasteiger partial charge in [-0.25, -0.2) is 0 Å². The van der Waals surface area contributed by atoms with Gasteiger partial charge < -0.3 is 11.5 Å². The lowest BCUT2D eigenvalue weighted by molar-refractivity contribution is -0.572. The average molecular weight is 901 g/mol. The lowest BCUT2D eigenvalue weighted by atomic mass is 9.95. The highest BCUT2D eigenvalue weighted by Crippen LogP contribution is 2.35. The Kier molecular flexibility index (Phi) is 12.2. The highest BCUT2D eigenvalue weighted by atomic mass is 15.0. The molecule has 0 radical (unpaired) electrons. The van der Waals surface area contributed by atoms with Crippen LogP contribution in [0.15, 0.2) is 267 Å². The molecule has 9 aromatic carbocycles. The van der Waals surface area contributed by atoms with Crippen LogP contribution in [0.3, 0.4) is 0 Å². The van der Waals surface area contributed by atoms with Crippen molar-refractivity contribution in [3.8, 4) is 78.7 Å². The molecule has 2 heterocycles. The molecule has 0 spiro atoms. The number of nitrogen functional groups attached to an aromatic ring is 2. The molecule has 11 aromatic rings. The minimum absolute atomic E-state index is 0.779. The number of hydrogen-bond donors (Lipinski definition) is 2. The molecule has 0 saturated heterocycles. The molecule has 4 heteroatoms. The summed E-state index contributed by atoms with van der Waals surface area (Å²) in [6.07, 6.45) is 1.67. The van der Waals surface area contributed by atoms with Crippen LogP contribution in [-0.4, -0.2) is 0 Å². The third-order valence-corrected chi connectivity index (χ3v) is 13.1. The molecule has 0 fully saturated rings. The van der Waals surface area contributed by atoms with Gasteiger partial charge in [0.25, 0.3) is 0 Å². The fraction of sp³-hybridized carbons (Fsp3) is 0.0303. The van der Waals surface area contributed by atoms with Crippen LogP contribution >= 0.6 is 0 Å². The van der Waals surface area contributed by atoms with Gasteiger partial charge in [0.1, 0.15) is 0 Å². The van der Waals surface area contributed by atoms with E-state index in [1.165, 1.54) is 22.3 Å². The molecule has 4 nitrogen and oxygen atoms in total. The molecule has 2 aromatic heterocycles. The molecule has 11 rings (SSSR count). The first-order valence-electron chi connectivity index (χ1n) is 23.9. The first kappa shape index (κ1) is 43.5. The average Bonchev–Trinajstić information content (AvgIpc) is 3.43. The van der Waals surface area contributed by atoms with Crippen LogP contribution in [0.2, 0.25) is 0 Å². The summed E-state index contributed by atoms with van der Waals surface area (Å²) < 4.78 is 4.80. The Balaban J connectivity index is 1.01. The summed E-state index contributed by atoms with van der Waals surface area (Å²) in [5.41, 5.74) is 34.2. The van der Waals surface area contributed by atoms with Crippen LogP contribution in [0.25, 0.3) is 78.7 Å². The van der Waals surface area contributed by atoms with Crippen molar-refractivity contribution in [1.29, 1.82) is 0 Å². The summed E-state index contributed by atoms with van der Waals surface area (Å²) >= 11 is 0. The normalized spacial score (nSPS) is 11.1. The second-order valence-electron chi connectivity index (χ2n) is 17.9. The van der Waals surface area contributed by atoms with Crippen molar-refractivity contribution in [3.63, 3.8) is 0 Å². The first-order valence-corrected chi connectivity index (χ1v) is 23.9. The molecule has 0 aliphatic rings. The maximum absolute atomic E-state index is 5.99. The Hall–Kier alpha value is -9.12. The summed E-state index contributed by atoms with van der Waals surface area (Å²) in [4.78, 5) is 0. The number of rotatable bonds is 12. The van der Waals surface area contributed by atoms with Gasteiger partial charge in [0.05, 0.1) is 0 Å². The number of aromatic nitrogens is 2. The van der Waals surface area contributed by atoms with E-state index in [4.69, 9.17) is 11.5 Å². The monoisotopic (exact) mass is 900 g/mol. The SMILES string of the molecule is Nc1ccc(Cc2ccc(-[n+]3c(-c4ccccc4)cc(-c4ccc(-c5cc(-c6ccccc6)[n+](-c6ccc(Cc7ccc(N)cc7)cc6)c(-c6ccccc6)c5)cc4)cc3-c3ccccc3)cc2)cc1. The smallest absolute Gasteiger partial charge is 0.219 e. The van der Waals surface area contributed by atoms with Gasteiger partial charge in [-0.1, -0.05) is 146 Å². The van der Waals surface area contributed by atoms with Crippen LogP contribution in [0.5, 0.6) is 0 Å². The number of nitrogens with two attached hydrogens (primary N) is 2. The van der Waals surface area contributed by atoms with Crippen molar-refractivity contribution in [2.24, 2.45) is 0 Å². The number of pyridine rings is 2.